The van der Waals surface area contributed by atoms with Crippen LogP contribution in [0.1, 0.15) is 64.3 Å². The molecule has 3 aromatic rings. The van der Waals surface area contributed by atoms with Gasteiger partial charge < -0.3 is 4.74 Å². The SMILES string of the molecule is O=C(COC(=O)c1ccccc1NS(=O)(=O)c1cccs1)c1ccc(C2CCCCC2)cc1. The quantitative estimate of drug-likeness (QED) is 0.331. The Kier molecular flexibility index (Phi) is 7.25. The number of rotatable bonds is 8. The number of esters is 1. The lowest BCUT2D eigenvalue weighted by molar-refractivity contribution is 0.0476. The maximum absolute atomic E-state index is 12.6. The van der Waals surface area contributed by atoms with Gasteiger partial charge in [-0.15, -0.1) is 11.3 Å². The van der Waals surface area contributed by atoms with Crippen molar-refractivity contribution in [3.05, 3.63) is 82.7 Å². The molecule has 2 aromatic carbocycles. The molecule has 0 saturated heterocycles. The van der Waals surface area contributed by atoms with Crippen LogP contribution < -0.4 is 4.72 Å². The number of sulfonamides is 1. The molecule has 0 unspecified atom stereocenters. The summed E-state index contributed by atoms with van der Waals surface area (Å²) in [5.74, 6) is -0.531. The first-order valence-electron chi connectivity index (χ1n) is 10.9. The van der Waals surface area contributed by atoms with E-state index in [0.717, 1.165) is 11.3 Å². The molecule has 1 aromatic heterocycles. The highest BCUT2D eigenvalue weighted by atomic mass is 32.2. The zero-order valence-corrected chi connectivity index (χ0v) is 19.7. The van der Waals surface area contributed by atoms with Gasteiger partial charge in [-0.1, -0.05) is 61.7 Å². The van der Waals surface area contributed by atoms with Crippen molar-refractivity contribution in [2.75, 3.05) is 11.3 Å². The van der Waals surface area contributed by atoms with Gasteiger partial charge in [-0.3, -0.25) is 9.52 Å². The fourth-order valence-electron chi connectivity index (χ4n) is 4.03. The first kappa shape index (κ1) is 23.2. The maximum atomic E-state index is 12.6. The zero-order chi connectivity index (χ0) is 23.3. The second kappa shape index (κ2) is 10.3. The lowest BCUT2D eigenvalue weighted by atomic mass is 9.84. The lowest BCUT2D eigenvalue weighted by Crippen LogP contribution is -2.18. The van der Waals surface area contributed by atoms with Gasteiger partial charge in [0.15, 0.2) is 12.4 Å². The van der Waals surface area contributed by atoms with Crippen molar-refractivity contribution >= 4 is 38.8 Å². The molecule has 0 atom stereocenters. The third-order valence-corrected chi connectivity index (χ3v) is 8.56. The number of Topliss-reactive ketones (excluding diaryl/α,β-unsaturated/α-hetero) is 1. The van der Waals surface area contributed by atoms with Gasteiger partial charge in [0, 0.05) is 5.56 Å². The zero-order valence-electron chi connectivity index (χ0n) is 18.0. The summed E-state index contributed by atoms with van der Waals surface area (Å²) in [5.41, 5.74) is 1.86. The van der Waals surface area contributed by atoms with Crippen molar-refractivity contribution in [3.8, 4) is 0 Å². The number of ether oxygens (including phenoxy) is 1. The Balaban J connectivity index is 1.39. The molecule has 1 N–H and O–H groups in total. The van der Waals surface area contributed by atoms with Gasteiger partial charge in [0.2, 0.25) is 0 Å². The number of carbonyl (C=O) groups is 2. The summed E-state index contributed by atoms with van der Waals surface area (Å²) in [7, 11) is -3.82. The summed E-state index contributed by atoms with van der Waals surface area (Å²) in [6.07, 6.45) is 6.14. The van der Waals surface area contributed by atoms with Crippen molar-refractivity contribution in [1.29, 1.82) is 0 Å². The van der Waals surface area contributed by atoms with Crippen LogP contribution in [0.3, 0.4) is 0 Å². The van der Waals surface area contributed by atoms with Crippen LogP contribution in [0, 0.1) is 0 Å². The average Bonchev–Trinajstić information content (AvgIpc) is 3.39. The van der Waals surface area contributed by atoms with Crippen molar-refractivity contribution in [2.24, 2.45) is 0 Å². The van der Waals surface area contributed by atoms with Crippen LogP contribution in [-0.4, -0.2) is 26.8 Å². The Morgan fingerprint density at radius 1 is 0.939 bits per heavy atom. The van der Waals surface area contributed by atoms with E-state index in [2.05, 4.69) is 4.72 Å². The molecule has 1 saturated carbocycles. The molecule has 1 fully saturated rings. The number of carbonyl (C=O) groups excluding carboxylic acids is 2. The molecule has 172 valence electrons. The van der Waals surface area contributed by atoms with Gasteiger partial charge in [-0.05, 0) is 47.9 Å². The fraction of sp³-hybridized carbons (Fsp3) is 0.280. The van der Waals surface area contributed by atoms with E-state index in [0.29, 0.717) is 11.5 Å². The van der Waals surface area contributed by atoms with Gasteiger partial charge >= 0.3 is 5.97 Å². The molecule has 0 amide bonds. The van der Waals surface area contributed by atoms with E-state index in [1.165, 1.54) is 55.9 Å². The Bertz CT molecular complexity index is 1210. The second-order valence-electron chi connectivity index (χ2n) is 8.04. The third kappa shape index (κ3) is 5.69. The van der Waals surface area contributed by atoms with Crippen LogP contribution in [0.5, 0.6) is 0 Å². The normalized spacial score (nSPS) is 14.5. The summed E-state index contributed by atoms with van der Waals surface area (Å²) in [4.78, 5) is 25.2. The second-order valence-corrected chi connectivity index (χ2v) is 10.9. The number of hydrogen-bond donors (Lipinski definition) is 1. The van der Waals surface area contributed by atoms with E-state index in [1.54, 1.807) is 35.7 Å². The van der Waals surface area contributed by atoms with Gasteiger partial charge in [0.05, 0.1) is 11.3 Å². The minimum atomic E-state index is -3.82. The molecule has 1 heterocycles. The predicted molar refractivity (Wildman–Crippen MR) is 128 cm³/mol. The minimum Gasteiger partial charge on any atom is -0.454 e. The fourth-order valence-corrected chi connectivity index (χ4v) is 6.10. The summed E-state index contributed by atoms with van der Waals surface area (Å²) in [6, 6.07) is 16.8. The Morgan fingerprint density at radius 2 is 1.67 bits per heavy atom. The standard InChI is InChI=1S/C25H25NO5S2/c27-23(20-14-12-19(13-15-20)18-7-2-1-3-8-18)17-31-25(28)21-9-4-5-10-22(21)26-33(29,30)24-11-6-16-32-24/h4-6,9-16,18,26H,1-3,7-8,17H2. The number of nitrogens with one attached hydrogen (secondary N) is 1. The first-order valence-corrected chi connectivity index (χ1v) is 13.3. The highest BCUT2D eigenvalue weighted by molar-refractivity contribution is 7.94. The largest absolute Gasteiger partial charge is 0.454 e. The monoisotopic (exact) mass is 483 g/mol. The van der Waals surface area contributed by atoms with E-state index < -0.39 is 22.6 Å². The maximum Gasteiger partial charge on any atom is 0.340 e. The summed E-state index contributed by atoms with van der Waals surface area (Å²) < 4.78 is 32.8. The molecule has 0 bridgehead atoms. The predicted octanol–water partition coefficient (Wildman–Crippen LogP) is 5.64. The number of hydrogen-bond acceptors (Lipinski definition) is 6. The molecule has 6 nitrogen and oxygen atoms in total. The first-order chi connectivity index (χ1) is 15.9. The topological polar surface area (TPSA) is 89.5 Å². The van der Waals surface area contributed by atoms with Crippen LogP contribution in [-0.2, 0) is 14.8 Å². The molecular weight excluding hydrogens is 458 g/mol. The molecule has 1 aliphatic rings. The van der Waals surface area contributed by atoms with E-state index in [4.69, 9.17) is 4.74 Å². The highest BCUT2D eigenvalue weighted by Crippen LogP contribution is 2.32. The molecule has 8 heteroatoms. The van der Waals surface area contributed by atoms with Crippen LogP contribution in [0.15, 0.2) is 70.3 Å². The number of ketones is 1. The lowest BCUT2D eigenvalue weighted by Gasteiger charge is -2.22. The van der Waals surface area contributed by atoms with E-state index in [1.807, 2.05) is 12.1 Å². The number of benzene rings is 2. The summed E-state index contributed by atoms with van der Waals surface area (Å²) in [5, 5.41) is 1.65. The highest BCUT2D eigenvalue weighted by Gasteiger charge is 2.21. The molecular formula is C25H25NO5S2. The third-order valence-electron chi connectivity index (χ3n) is 5.79. The van der Waals surface area contributed by atoms with Gasteiger partial charge in [0.25, 0.3) is 10.0 Å². The number of para-hydroxylation sites is 1. The number of thiophene rings is 1. The Labute approximate surface area is 197 Å². The minimum absolute atomic E-state index is 0.0399. The average molecular weight is 484 g/mol. The van der Waals surface area contributed by atoms with Crippen LogP contribution in [0.2, 0.25) is 0 Å². The molecule has 4 rings (SSSR count). The van der Waals surface area contributed by atoms with Crippen LogP contribution in [0.25, 0.3) is 0 Å². The van der Waals surface area contributed by atoms with Crippen molar-refractivity contribution in [3.63, 3.8) is 0 Å². The molecule has 1 aliphatic carbocycles. The van der Waals surface area contributed by atoms with E-state index in [-0.39, 0.29) is 21.2 Å². The molecule has 0 radical (unpaired) electrons. The Morgan fingerprint density at radius 3 is 2.36 bits per heavy atom. The summed E-state index contributed by atoms with van der Waals surface area (Å²) >= 11 is 1.07. The van der Waals surface area contributed by atoms with Crippen molar-refractivity contribution in [1.82, 2.24) is 0 Å². The van der Waals surface area contributed by atoms with E-state index in [9.17, 15) is 18.0 Å². The Hall–Kier alpha value is -2.97. The molecule has 33 heavy (non-hydrogen) atoms. The van der Waals surface area contributed by atoms with Crippen molar-refractivity contribution < 1.29 is 22.7 Å². The van der Waals surface area contributed by atoms with Gasteiger partial charge in [-0.2, -0.15) is 0 Å². The van der Waals surface area contributed by atoms with Gasteiger partial charge in [0.1, 0.15) is 4.21 Å². The van der Waals surface area contributed by atoms with Crippen LogP contribution in [0.4, 0.5) is 5.69 Å². The van der Waals surface area contributed by atoms with Crippen molar-refractivity contribution in [2.45, 2.75) is 42.2 Å². The molecule has 0 aliphatic heterocycles. The van der Waals surface area contributed by atoms with E-state index >= 15 is 0 Å². The van der Waals surface area contributed by atoms with Crippen LogP contribution >= 0.6 is 11.3 Å². The smallest absolute Gasteiger partial charge is 0.340 e. The van der Waals surface area contributed by atoms with Gasteiger partial charge in [-0.25, -0.2) is 13.2 Å². The summed E-state index contributed by atoms with van der Waals surface area (Å²) in [6.45, 7) is -0.423. The number of anilines is 1. The molecule has 0 spiro atoms.